The molecule has 1 fully saturated rings. The second kappa shape index (κ2) is 11.3. The monoisotopic (exact) mass is 533 g/mol. The lowest BCUT2D eigenvalue weighted by atomic mass is 9.78. The van der Waals surface area contributed by atoms with Gasteiger partial charge in [0.05, 0.1) is 19.5 Å². The van der Waals surface area contributed by atoms with Crippen molar-refractivity contribution in [3.63, 3.8) is 0 Å². The number of nitrogens with one attached hydrogen (secondary N) is 1. The minimum Gasteiger partial charge on any atom is -0.490 e. The summed E-state index contributed by atoms with van der Waals surface area (Å²) >= 11 is 0. The van der Waals surface area contributed by atoms with Crippen LogP contribution in [0.2, 0.25) is 0 Å². The standard InChI is InChI=1S/C30H35N3O6/c1-29(2,3)39-28(35)33-21-15-24(16-21)37-22-11-7-19(8-12-22)30(4,5)20-9-13-23(14-10-20)38-25-17-31-26(32-18-25)27(34)36-6/h7-14,17-18,21,24H,15-16H2,1-6H3,(H,33,35). The summed E-state index contributed by atoms with van der Waals surface area (Å²) in [4.78, 5) is 31.3. The minimum absolute atomic E-state index is 0.0227. The zero-order valence-electron chi connectivity index (χ0n) is 23.2. The van der Waals surface area contributed by atoms with Gasteiger partial charge in [-0.15, -0.1) is 0 Å². The lowest BCUT2D eigenvalue weighted by Gasteiger charge is -2.36. The highest BCUT2D eigenvalue weighted by atomic mass is 16.6. The molecule has 1 saturated carbocycles. The van der Waals surface area contributed by atoms with Crippen LogP contribution in [0.5, 0.6) is 17.2 Å². The van der Waals surface area contributed by atoms with Crippen LogP contribution in [0.15, 0.2) is 60.9 Å². The number of methoxy groups -OCH3 is 1. The van der Waals surface area contributed by atoms with Crippen molar-refractivity contribution < 1.29 is 28.5 Å². The zero-order chi connectivity index (χ0) is 28.2. The number of hydrogen-bond acceptors (Lipinski definition) is 8. The van der Waals surface area contributed by atoms with Gasteiger partial charge in [0.2, 0.25) is 5.82 Å². The van der Waals surface area contributed by atoms with Gasteiger partial charge in [-0.2, -0.15) is 0 Å². The van der Waals surface area contributed by atoms with Crippen LogP contribution in [-0.4, -0.2) is 46.9 Å². The Balaban J connectivity index is 1.30. The molecule has 9 nitrogen and oxygen atoms in total. The van der Waals surface area contributed by atoms with E-state index < -0.39 is 11.6 Å². The van der Waals surface area contributed by atoms with Crippen LogP contribution in [0.4, 0.5) is 4.79 Å². The number of esters is 1. The van der Waals surface area contributed by atoms with E-state index in [-0.39, 0.29) is 29.5 Å². The molecule has 1 aliphatic carbocycles. The van der Waals surface area contributed by atoms with Gasteiger partial charge in [0.1, 0.15) is 23.2 Å². The fourth-order valence-corrected chi connectivity index (χ4v) is 4.20. The van der Waals surface area contributed by atoms with Gasteiger partial charge in [-0.25, -0.2) is 19.6 Å². The van der Waals surface area contributed by atoms with E-state index in [0.717, 1.165) is 29.7 Å². The first-order valence-corrected chi connectivity index (χ1v) is 12.9. The maximum atomic E-state index is 11.9. The third-order valence-corrected chi connectivity index (χ3v) is 6.50. The molecule has 0 saturated heterocycles. The van der Waals surface area contributed by atoms with Crippen molar-refractivity contribution >= 4 is 12.1 Å². The topological polar surface area (TPSA) is 109 Å². The first kappa shape index (κ1) is 27.9. The number of aromatic nitrogens is 2. The zero-order valence-corrected chi connectivity index (χ0v) is 23.2. The molecular formula is C30H35N3O6. The van der Waals surface area contributed by atoms with E-state index in [4.69, 9.17) is 14.2 Å². The van der Waals surface area contributed by atoms with Crippen LogP contribution in [0, 0.1) is 0 Å². The van der Waals surface area contributed by atoms with Crippen molar-refractivity contribution in [3.05, 3.63) is 77.9 Å². The van der Waals surface area contributed by atoms with Gasteiger partial charge in [0.25, 0.3) is 0 Å². The Morgan fingerprint density at radius 2 is 1.36 bits per heavy atom. The molecule has 2 aromatic carbocycles. The van der Waals surface area contributed by atoms with E-state index in [9.17, 15) is 9.59 Å². The molecule has 0 atom stereocenters. The van der Waals surface area contributed by atoms with Crippen molar-refractivity contribution in [2.24, 2.45) is 0 Å². The first-order chi connectivity index (χ1) is 18.4. The molecule has 0 spiro atoms. The minimum atomic E-state index is -0.600. The number of carbonyl (C=O) groups excluding carboxylic acids is 2. The summed E-state index contributed by atoms with van der Waals surface area (Å²) in [7, 11) is 1.28. The van der Waals surface area contributed by atoms with Gasteiger partial charge in [0, 0.05) is 24.3 Å². The lowest BCUT2D eigenvalue weighted by molar-refractivity contribution is 0.0362. The molecule has 1 N–H and O–H groups in total. The first-order valence-electron chi connectivity index (χ1n) is 12.9. The Kier molecular flexibility index (Phi) is 8.09. The van der Waals surface area contributed by atoms with E-state index in [1.165, 1.54) is 19.5 Å². The molecule has 9 heteroatoms. The molecule has 0 radical (unpaired) electrons. The maximum absolute atomic E-state index is 11.9. The van der Waals surface area contributed by atoms with Crippen LogP contribution >= 0.6 is 0 Å². The molecule has 39 heavy (non-hydrogen) atoms. The van der Waals surface area contributed by atoms with Gasteiger partial charge in [-0.1, -0.05) is 38.1 Å². The Labute approximate surface area is 228 Å². The van der Waals surface area contributed by atoms with E-state index in [2.05, 4.69) is 46.0 Å². The van der Waals surface area contributed by atoms with Gasteiger partial charge in [-0.3, -0.25) is 0 Å². The number of amides is 1. The molecule has 0 unspecified atom stereocenters. The molecule has 1 aromatic heterocycles. The Hall–Kier alpha value is -4.14. The molecule has 206 valence electrons. The van der Waals surface area contributed by atoms with Gasteiger partial charge >= 0.3 is 12.1 Å². The number of rotatable bonds is 8. The summed E-state index contributed by atoms with van der Waals surface area (Å²) in [5.41, 5.74) is 1.51. The maximum Gasteiger partial charge on any atom is 0.407 e. The number of hydrogen-bond donors (Lipinski definition) is 1. The largest absolute Gasteiger partial charge is 0.490 e. The Morgan fingerprint density at radius 3 is 1.87 bits per heavy atom. The normalized spacial score (nSPS) is 17.0. The highest BCUT2D eigenvalue weighted by Crippen LogP contribution is 2.35. The average Bonchev–Trinajstić information content (AvgIpc) is 2.87. The van der Waals surface area contributed by atoms with Gasteiger partial charge in [0.15, 0.2) is 5.75 Å². The van der Waals surface area contributed by atoms with Crippen molar-refractivity contribution in [2.75, 3.05) is 7.11 Å². The predicted molar refractivity (Wildman–Crippen MR) is 145 cm³/mol. The van der Waals surface area contributed by atoms with Crippen LogP contribution in [0.1, 0.15) is 69.2 Å². The number of benzene rings is 2. The van der Waals surface area contributed by atoms with Crippen LogP contribution < -0.4 is 14.8 Å². The van der Waals surface area contributed by atoms with Crippen molar-refractivity contribution in [3.8, 4) is 17.2 Å². The summed E-state index contributed by atoms with van der Waals surface area (Å²) in [5.74, 6) is 1.23. The predicted octanol–water partition coefficient (Wildman–Crippen LogP) is 5.82. The molecule has 1 heterocycles. The summed E-state index contributed by atoms with van der Waals surface area (Å²) in [6, 6.07) is 16.0. The fraction of sp³-hybridized carbons (Fsp3) is 0.400. The average molecular weight is 534 g/mol. The van der Waals surface area contributed by atoms with Gasteiger partial charge < -0.3 is 24.3 Å². The smallest absolute Gasteiger partial charge is 0.407 e. The van der Waals surface area contributed by atoms with E-state index in [0.29, 0.717) is 11.5 Å². The fourth-order valence-electron chi connectivity index (χ4n) is 4.20. The third kappa shape index (κ3) is 7.25. The number of alkyl carbamates (subject to hydrolysis) is 1. The molecule has 4 rings (SSSR count). The van der Waals surface area contributed by atoms with E-state index in [1.54, 1.807) is 0 Å². The molecule has 3 aromatic rings. The highest BCUT2D eigenvalue weighted by molar-refractivity contribution is 5.84. The lowest BCUT2D eigenvalue weighted by Crippen LogP contribution is -2.50. The van der Waals surface area contributed by atoms with E-state index >= 15 is 0 Å². The Bertz CT molecular complexity index is 1280. The van der Waals surface area contributed by atoms with Crippen molar-refractivity contribution in [1.82, 2.24) is 15.3 Å². The second-order valence-corrected chi connectivity index (χ2v) is 11.1. The SMILES string of the molecule is COC(=O)c1ncc(Oc2ccc(C(C)(C)c3ccc(OC4CC(NC(=O)OC(C)(C)C)C4)cc3)cc2)cn1. The van der Waals surface area contributed by atoms with Crippen molar-refractivity contribution in [2.45, 2.75) is 70.6 Å². The number of ether oxygens (including phenoxy) is 4. The second-order valence-electron chi connectivity index (χ2n) is 11.1. The van der Waals surface area contributed by atoms with Gasteiger partial charge in [-0.05, 0) is 56.2 Å². The van der Waals surface area contributed by atoms with Crippen LogP contribution in [0.25, 0.3) is 0 Å². The summed E-state index contributed by atoms with van der Waals surface area (Å²) in [6.45, 7) is 9.87. The highest BCUT2D eigenvalue weighted by Gasteiger charge is 2.33. The quantitative estimate of drug-likeness (QED) is 0.361. The summed E-state index contributed by atoms with van der Waals surface area (Å²) < 4.78 is 21.8. The molecule has 1 aliphatic rings. The molecule has 0 aliphatic heterocycles. The number of carbonyl (C=O) groups is 2. The number of nitrogens with zero attached hydrogens (tertiary/aromatic N) is 2. The molecule has 0 bridgehead atoms. The molecule has 1 amide bonds. The van der Waals surface area contributed by atoms with Crippen LogP contribution in [0.3, 0.4) is 0 Å². The Morgan fingerprint density at radius 1 is 0.821 bits per heavy atom. The van der Waals surface area contributed by atoms with Crippen molar-refractivity contribution in [1.29, 1.82) is 0 Å². The summed E-state index contributed by atoms with van der Waals surface area (Å²) in [6.07, 6.45) is 4.05. The van der Waals surface area contributed by atoms with E-state index in [1.807, 2.05) is 57.2 Å². The summed E-state index contributed by atoms with van der Waals surface area (Å²) in [5, 5.41) is 2.89. The molecular weight excluding hydrogens is 498 g/mol. The third-order valence-electron chi connectivity index (χ3n) is 6.50. The van der Waals surface area contributed by atoms with Crippen LogP contribution in [-0.2, 0) is 14.9 Å².